The van der Waals surface area contributed by atoms with E-state index in [0.717, 1.165) is 31.4 Å². The summed E-state index contributed by atoms with van der Waals surface area (Å²) in [5.74, 6) is -2.01. The van der Waals surface area contributed by atoms with Crippen LogP contribution in [-0.4, -0.2) is 17.0 Å². The van der Waals surface area contributed by atoms with Crippen molar-refractivity contribution in [2.45, 2.75) is 50.3 Å². The summed E-state index contributed by atoms with van der Waals surface area (Å²) in [4.78, 5) is 23.0. The Morgan fingerprint density at radius 1 is 1.15 bits per heavy atom. The third-order valence-electron chi connectivity index (χ3n) is 5.44. The van der Waals surface area contributed by atoms with Crippen LogP contribution in [0.2, 0.25) is 0 Å². The predicted octanol–water partition coefficient (Wildman–Crippen LogP) is 4.44. The minimum Gasteiger partial charge on any atom is -0.478 e. The summed E-state index contributed by atoms with van der Waals surface area (Å²) in [6.45, 7) is 3.31. The van der Waals surface area contributed by atoms with Crippen LogP contribution in [-0.2, 0) is 26.1 Å². The molecule has 1 aromatic rings. The molecule has 7 heteroatoms. The van der Waals surface area contributed by atoms with Crippen LogP contribution >= 0.6 is 0 Å². The third-order valence-corrected chi connectivity index (χ3v) is 5.44. The minimum atomic E-state index is -4.43. The number of hydrogen-bond acceptors (Lipinski definition) is 3. The summed E-state index contributed by atoms with van der Waals surface area (Å²) in [5, 5.41) is 8.84. The van der Waals surface area contributed by atoms with Gasteiger partial charge in [0, 0.05) is 5.57 Å². The molecule has 0 heterocycles. The molecule has 1 aromatic carbocycles. The van der Waals surface area contributed by atoms with E-state index in [-0.39, 0.29) is 11.0 Å². The summed E-state index contributed by atoms with van der Waals surface area (Å²) in [5.41, 5.74) is -1.43. The zero-order valence-corrected chi connectivity index (χ0v) is 14.1. The lowest BCUT2D eigenvalue weighted by atomic mass is 9.48. The number of aliphatic carboxylic acids is 1. The van der Waals surface area contributed by atoms with Gasteiger partial charge in [0.2, 0.25) is 0 Å². The number of halogens is 3. The molecule has 0 atom stereocenters. The fourth-order valence-corrected chi connectivity index (χ4v) is 3.99. The minimum absolute atomic E-state index is 0.0901. The summed E-state index contributed by atoms with van der Waals surface area (Å²) < 4.78 is 43.9. The van der Waals surface area contributed by atoms with Gasteiger partial charge < -0.3 is 9.84 Å². The number of esters is 1. The highest BCUT2D eigenvalue weighted by Gasteiger charge is 2.60. The van der Waals surface area contributed by atoms with Gasteiger partial charge in [0.15, 0.2) is 0 Å². The van der Waals surface area contributed by atoms with E-state index in [0.29, 0.717) is 18.4 Å². The van der Waals surface area contributed by atoms with Crippen LogP contribution < -0.4 is 0 Å². The van der Waals surface area contributed by atoms with Crippen LogP contribution in [0.4, 0.5) is 13.2 Å². The van der Waals surface area contributed by atoms with E-state index >= 15 is 0 Å². The molecular weight excluding hydrogens is 349 g/mol. The molecule has 2 aliphatic rings. The molecule has 0 unspecified atom stereocenters. The molecule has 4 nitrogen and oxygen atoms in total. The maximum absolute atomic E-state index is 12.8. The average molecular weight is 368 g/mol. The van der Waals surface area contributed by atoms with Crippen molar-refractivity contribution in [1.82, 2.24) is 0 Å². The average Bonchev–Trinajstić information content (AvgIpc) is 2.47. The third kappa shape index (κ3) is 3.34. The topological polar surface area (TPSA) is 63.6 Å². The van der Waals surface area contributed by atoms with Crippen molar-refractivity contribution >= 4 is 11.9 Å². The van der Waals surface area contributed by atoms with E-state index in [1.807, 2.05) is 0 Å². The Bertz CT molecular complexity index is 737. The lowest BCUT2D eigenvalue weighted by Gasteiger charge is -2.60. The van der Waals surface area contributed by atoms with Crippen molar-refractivity contribution in [1.29, 1.82) is 0 Å². The van der Waals surface area contributed by atoms with E-state index in [1.165, 1.54) is 12.1 Å². The van der Waals surface area contributed by atoms with Crippen molar-refractivity contribution in [2.24, 2.45) is 5.41 Å². The molecule has 0 aliphatic heterocycles. The van der Waals surface area contributed by atoms with Gasteiger partial charge in [-0.15, -0.1) is 0 Å². The summed E-state index contributed by atoms with van der Waals surface area (Å²) in [7, 11) is 0. The Morgan fingerprint density at radius 3 is 2.15 bits per heavy atom. The van der Waals surface area contributed by atoms with E-state index in [2.05, 4.69) is 6.58 Å². The molecule has 1 N–H and O–H groups in total. The predicted molar refractivity (Wildman–Crippen MR) is 86.1 cm³/mol. The summed E-state index contributed by atoms with van der Waals surface area (Å²) in [6.07, 6.45) is -0.676. The van der Waals surface area contributed by atoms with Crippen LogP contribution in [0, 0.1) is 5.41 Å². The number of carbonyl (C=O) groups excluding carboxylic acids is 1. The number of benzene rings is 1. The van der Waals surface area contributed by atoms with Crippen LogP contribution in [0.1, 0.15) is 49.7 Å². The van der Waals surface area contributed by atoms with Crippen LogP contribution in [0.5, 0.6) is 0 Å². The maximum Gasteiger partial charge on any atom is 0.416 e. The van der Waals surface area contributed by atoms with Crippen LogP contribution in [0.25, 0.3) is 0 Å². The van der Waals surface area contributed by atoms with E-state index in [1.54, 1.807) is 0 Å². The van der Waals surface area contributed by atoms with Crippen LogP contribution in [0.15, 0.2) is 36.4 Å². The number of carbonyl (C=O) groups is 2. The smallest absolute Gasteiger partial charge is 0.416 e. The highest BCUT2D eigenvalue weighted by atomic mass is 19.4. The number of ether oxygens (including phenoxy) is 1. The fraction of sp³-hybridized carbons (Fsp3) is 0.474. The molecule has 2 aliphatic carbocycles. The second kappa shape index (κ2) is 6.14. The molecule has 26 heavy (non-hydrogen) atoms. The standard InChI is InChI=1S/C19H19F3O4/c1-12(16(24)25)9-15(23)26-18(10-17(11-18)7-2-8-17)13-3-5-14(6-4-13)19(20,21)22/h3-6H,1-2,7-11H2,(H,24,25). The van der Waals surface area contributed by atoms with Crippen molar-refractivity contribution in [2.75, 3.05) is 0 Å². The second-order valence-electron chi connectivity index (χ2n) is 7.34. The molecule has 140 valence electrons. The highest BCUT2D eigenvalue weighted by Crippen LogP contribution is 2.65. The number of carboxylic acid groups (broad SMARTS) is 1. The van der Waals surface area contributed by atoms with E-state index in [4.69, 9.17) is 9.84 Å². The van der Waals surface area contributed by atoms with Crippen molar-refractivity contribution in [3.05, 3.63) is 47.5 Å². The summed E-state index contributed by atoms with van der Waals surface area (Å²) in [6, 6.07) is 4.64. The normalized spacial score (nSPS) is 20.0. The number of carboxylic acids is 1. The first kappa shape index (κ1) is 18.5. The SMILES string of the molecule is C=C(CC(=O)OC1(c2ccc(C(F)(F)F)cc2)CC2(CCC2)C1)C(=O)O. The molecule has 2 saturated carbocycles. The molecule has 0 aromatic heterocycles. The maximum atomic E-state index is 12.8. The lowest BCUT2D eigenvalue weighted by molar-refractivity contribution is -0.208. The number of alkyl halides is 3. The first-order valence-electron chi connectivity index (χ1n) is 8.36. The molecule has 0 saturated heterocycles. The van der Waals surface area contributed by atoms with Gasteiger partial charge in [-0.25, -0.2) is 4.79 Å². The summed E-state index contributed by atoms with van der Waals surface area (Å²) >= 11 is 0. The van der Waals surface area contributed by atoms with Gasteiger partial charge in [-0.05, 0) is 48.8 Å². The second-order valence-corrected chi connectivity index (χ2v) is 7.34. The first-order chi connectivity index (χ1) is 12.1. The van der Waals surface area contributed by atoms with Gasteiger partial charge in [-0.2, -0.15) is 13.2 Å². The first-order valence-corrected chi connectivity index (χ1v) is 8.36. The lowest BCUT2D eigenvalue weighted by Crippen LogP contribution is -2.55. The van der Waals surface area contributed by atoms with Gasteiger partial charge in [0.1, 0.15) is 5.60 Å². The fourth-order valence-electron chi connectivity index (χ4n) is 3.99. The molecular formula is C19H19F3O4. The molecule has 1 spiro atoms. The Balaban J connectivity index is 1.80. The molecule has 0 amide bonds. The van der Waals surface area contributed by atoms with Gasteiger partial charge in [0.05, 0.1) is 12.0 Å². The highest BCUT2D eigenvalue weighted by molar-refractivity contribution is 5.92. The number of hydrogen-bond donors (Lipinski definition) is 1. The molecule has 3 rings (SSSR count). The molecule has 0 radical (unpaired) electrons. The van der Waals surface area contributed by atoms with Crippen molar-refractivity contribution in [3.63, 3.8) is 0 Å². The Kier molecular flexibility index (Phi) is 4.37. The zero-order chi connectivity index (χ0) is 19.2. The molecule has 0 bridgehead atoms. The van der Waals surface area contributed by atoms with E-state index < -0.39 is 35.7 Å². The molecule has 2 fully saturated rings. The van der Waals surface area contributed by atoms with Gasteiger partial charge >= 0.3 is 18.1 Å². The largest absolute Gasteiger partial charge is 0.478 e. The van der Waals surface area contributed by atoms with Crippen molar-refractivity contribution < 1.29 is 32.6 Å². The van der Waals surface area contributed by atoms with Gasteiger partial charge in [-0.1, -0.05) is 25.1 Å². The quantitative estimate of drug-likeness (QED) is 0.617. The van der Waals surface area contributed by atoms with Crippen LogP contribution in [0.3, 0.4) is 0 Å². The number of rotatable bonds is 5. The monoisotopic (exact) mass is 368 g/mol. The van der Waals surface area contributed by atoms with Crippen molar-refractivity contribution in [3.8, 4) is 0 Å². The van der Waals surface area contributed by atoms with Gasteiger partial charge in [-0.3, -0.25) is 4.79 Å². The Labute approximate surface area is 148 Å². The van der Waals surface area contributed by atoms with Gasteiger partial charge in [0.25, 0.3) is 0 Å². The zero-order valence-electron chi connectivity index (χ0n) is 14.1. The van der Waals surface area contributed by atoms with E-state index in [9.17, 15) is 22.8 Å². The Morgan fingerprint density at radius 2 is 1.73 bits per heavy atom. The Hall–Kier alpha value is -2.31.